The Labute approximate surface area is 179 Å². The Balaban J connectivity index is 0. The first kappa shape index (κ1) is 21.1. The van der Waals surface area contributed by atoms with Crippen molar-refractivity contribution >= 4 is 84.3 Å². The number of nitrogens with two attached hydrogens (primary N) is 1. The molecule has 24 heavy (non-hydrogen) atoms. The molecule has 0 aliphatic carbocycles. The van der Waals surface area contributed by atoms with Crippen molar-refractivity contribution in [2.45, 2.75) is 11.0 Å². The van der Waals surface area contributed by atoms with E-state index < -0.39 is 5.12 Å². The average Bonchev–Trinajstić information content (AvgIpc) is 2.90. The first-order valence-corrected chi connectivity index (χ1v) is 9.87. The van der Waals surface area contributed by atoms with Gasteiger partial charge in [0.25, 0.3) is 10.7 Å². The van der Waals surface area contributed by atoms with E-state index in [-0.39, 0.29) is 12.5 Å². The van der Waals surface area contributed by atoms with E-state index in [9.17, 15) is 9.59 Å². The van der Waals surface area contributed by atoms with Crippen LogP contribution in [0.5, 0.6) is 0 Å². The highest BCUT2D eigenvalue weighted by Crippen LogP contribution is 2.25. The molecule has 3 N–H and O–H groups in total. The molecule has 4 nitrogen and oxygen atoms in total. The summed E-state index contributed by atoms with van der Waals surface area (Å²) in [6.45, 7) is 1.96. The number of pyridine rings is 1. The molecule has 126 valence electrons. The van der Waals surface area contributed by atoms with Gasteiger partial charge in [-0.15, -0.1) is 11.3 Å². The number of aryl methyl sites for hydroxylation is 1. The fraction of sp³-hybridized carbons (Fsp3) is 0.125. The van der Waals surface area contributed by atoms with Crippen molar-refractivity contribution in [1.82, 2.24) is 4.98 Å². The van der Waals surface area contributed by atoms with Gasteiger partial charge in [-0.25, -0.2) is 0 Å². The lowest BCUT2D eigenvalue weighted by molar-refractivity contribution is -0.106. The van der Waals surface area contributed by atoms with Crippen LogP contribution in [0.15, 0.2) is 16.4 Å². The average molecular weight is 584 g/mol. The quantitative estimate of drug-likeness (QED) is 0.147. The number of hydrogen-bond donors (Lipinski definition) is 3. The standard InChI is InChI=1S/C8H6INOS.C8H4INOS.2H2/c1-4-3-12-7-5(9)2-10-8(11)6(4)7;9-7(10)5-3-1-2-4-6-8(11)12;;/h2-3H,1H3,(H,10,11);7H,10H2,(H,11,12);2*1H. The molecule has 8 heteroatoms. The number of fused-ring (bicyclic) bond motifs is 1. The van der Waals surface area contributed by atoms with Gasteiger partial charge in [0.15, 0.2) is 0 Å². The Kier molecular flexibility index (Phi) is 9.49. The second-order valence-electron chi connectivity index (χ2n) is 4.06. The number of thiophene rings is 1. The van der Waals surface area contributed by atoms with E-state index in [4.69, 9.17) is 5.73 Å². The van der Waals surface area contributed by atoms with Crippen LogP contribution in [-0.2, 0) is 4.79 Å². The lowest BCUT2D eigenvalue weighted by Gasteiger charge is -1.92. The van der Waals surface area contributed by atoms with Gasteiger partial charge in [0.1, 0.15) is 4.05 Å². The lowest BCUT2D eigenvalue weighted by Crippen LogP contribution is -2.05. The van der Waals surface area contributed by atoms with Crippen molar-refractivity contribution in [3.05, 3.63) is 31.1 Å². The topological polar surface area (TPSA) is 75.9 Å². The molecule has 2 rings (SSSR count). The third-order valence-corrected chi connectivity index (χ3v) is 5.09. The minimum absolute atomic E-state index is 0. The van der Waals surface area contributed by atoms with Crippen LogP contribution in [0.25, 0.3) is 10.1 Å². The highest BCUT2D eigenvalue weighted by molar-refractivity contribution is 14.1. The van der Waals surface area contributed by atoms with Gasteiger partial charge in [-0.1, -0.05) is 41.1 Å². The molecule has 0 aliphatic rings. The molecule has 0 bridgehead atoms. The smallest absolute Gasteiger partial charge is 0.260 e. The van der Waals surface area contributed by atoms with Gasteiger partial charge >= 0.3 is 0 Å². The fourth-order valence-corrected chi connectivity index (χ4v) is 3.39. The number of halogens is 2. The minimum Gasteiger partial charge on any atom is -0.327 e. The fourth-order valence-electron chi connectivity index (χ4n) is 1.42. The molecule has 0 aliphatic heterocycles. The van der Waals surface area contributed by atoms with Crippen molar-refractivity contribution in [2.75, 3.05) is 0 Å². The predicted molar refractivity (Wildman–Crippen MR) is 123 cm³/mol. The van der Waals surface area contributed by atoms with Crippen LogP contribution in [0.1, 0.15) is 8.42 Å². The Bertz CT molecular complexity index is 1000. The van der Waals surface area contributed by atoms with Gasteiger partial charge in [0.2, 0.25) is 0 Å². The Morgan fingerprint density at radius 1 is 1.42 bits per heavy atom. The summed E-state index contributed by atoms with van der Waals surface area (Å²) in [5, 5.41) is 2.34. The number of carbonyl (C=O) groups is 1. The van der Waals surface area contributed by atoms with E-state index in [2.05, 4.69) is 75.7 Å². The SMILES string of the molecule is Cc1csc2c(I)c[nH]c(=O)c12.NC(I)C#CC#CC#CC(=O)S.[HH].[HH]. The third-order valence-electron chi connectivity index (χ3n) is 2.32. The summed E-state index contributed by atoms with van der Waals surface area (Å²) in [6, 6.07) is 0. The number of alkyl halides is 1. The number of aromatic amines is 1. The summed E-state index contributed by atoms with van der Waals surface area (Å²) in [4.78, 5) is 24.2. The predicted octanol–water partition coefficient (Wildman–Crippen LogP) is 3.17. The van der Waals surface area contributed by atoms with Gasteiger partial charge in [-0.2, -0.15) is 0 Å². The van der Waals surface area contributed by atoms with Gasteiger partial charge in [-0.05, 0) is 70.1 Å². The molecule has 0 radical (unpaired) electrons. The van der Waals surface area contributed by atoms with Gasteiger partial charge in [0, 0.05) is 12.6 Å². The number of rotatable bonds is 0. The molecular formula is C16H14I2N2O2S2. The van der Waals surface area contributed by atoms with E-state index in [0.29, 0.717) is 0 Å². The third kappa shape index (κ3) is 7.29. The molecule has 1 atom stereocenters. The summed E-state index contributed by atoms with van der Waals surface area (Å²) < 4.78 is 1.98. The molecular weight excluding hydrogens is 570 g/mol. The van der Waals surface area contributed by atoms with Crippen LogP contribution in [0, 0.1) is 46.0 Å². The van der Waals surface area contributed by atoms with Crippen LogP contribution in [0.3, 0.4) is 0 Å². The second kappa shape index (κ2) is 10.8. The van der Waals surface area contributed by atoms with E-state index in [1.807, 2.05) is 34.9 Å². The van der Waals surface area contributed by atoms with Crippen molar-refractivity contribution in [2.24, 2.45) is 5.73 Å². The lowest BCUT2D eigenvalue weighted by atomic mass is 10.2. The van der Waals surface area contributed by atoms with Crippen molar-refractivity contribution in [1.29, 1.82) is 0 Å². The molecule has 2 aromatic heterocycles. The zero-order chi connectivity index (χ0) is 18.1. The van der Waals surface area contributed by atoms with Crippen LogP contribution < -0.4 is 11.3 Å². The van der Waals surface area contributed by atoms with Crippen molar-refractivity contribution in [3.8, 4) is 35.5 Å². The maximum absolute atomic E-state index is 11.4. The molecule has 0 fully saturated rings. The van der Waals surface area contributed by atoms with Crippen LogP contribution in [0.4, 0.5) is 0 Å². The summed E-state index contributed by atoms with van der Waals surface area (Å²) >= 11 is 9.22. The molecule has 0 saturated carbocycles. The number of thiol groups is 1. The zero-order valence-electron chi connectivity index (χ0n) is 12.2. The van der Waals surface area contributed by atoms with Crippen molar-refractivity contribution < 1.29 is 7.65 Å². The van der Waals surface area contributed by atoms with Gasteiger partial charge < -0.3 is 10.7 Å². The number of H-pyrrole nitrogens is 1. The normalized spacial score (nSPS) is 9.88. The molecule has 0 amide bonds. The van der Waals surface area contributed by atoms with Crippen LogP contribution in [-0.4, -0.2) is 14.1 Å². The van der Waals surface area contributed by atoms with E-state index >= 15 is 0 Å². The Morgan fingerprint density at radius 3 is 2.67 bits per heavy atom. The first-order valence-electron chi connectivity index (χ1n) is 6.22. The minimum atomic E-state index is -0.511. The monoisotopic (exact) mass is 584 g/mol. The molecule has 2 heterocycles. The molecule has 0 saturated heterocycles. The molecule has 0 spiro atoms. The summed E-state index contributed by atoms with van der Waals surface area (Å²) in [6.07, 6.45) is 1.75. The van der Waals surface area contributed by atoms with E-state index in [0.717, 1.165) is 19.2 Å². The number of hydrogen-bond acceptors (Lipinski definition) is 4. The largest absolute Gasteiger partial charge is 0.327 e. The van der Waals surface area contributed by atoms with Crippen LogP contribution in [0.2, 0.25) is 0 Å². The molecule has 2 aromatic rings. The van der Waals surface area contributed by atoms with Gasteiger partial charge in [-0.3, -0.25) is 9.59 Å². The van der Waals surface area contributed by atoms with Gasteiger partial charge in [0.05, 0.1) is 10.1 Å². The van der Waals surface area contributed by atoms with Crippen LogP contribution >= 0.6 is 69.1 Å². The van der Waals surface area contributed by atoms with E-state index in [1.54, 1.807) is 17.5 Å². The Morgan fingerprint density at radius 2 is 2.08 bits per heavy atom. The summed E-state index contributed by atoms with van der Waals surface area (Å²) in [5.41, 5.74) is 6.38. The number of carbonyl (C=O) groups excluding carboxylic acids is 1. The maximum Gasteiger partial charge on any atom is 0.260 e. The molecule has 0 aromatic carbocycles. The number of nitrogens with one attached hydrogen (secondary N) is 1. The second-order valence-corrected chi connectivity index (χ2v) is 7.85. The first-order chi connectivity index (χ1) is 11.3. The number of aromatic nitrogens is 1. The summed E-state index contributed by atoms with van der Waals surface area (Å²) in [5.74, 6) is 14.3. The zero-order valence-corrected chi connectivity index (χ0v) is 18.3. The van der Waals surface area contributed by atoms with Crippen molar-refractivity contribution in [3.63, 3.8) is 0 Å². The highest BCUT2D eigenvalue weighted by atomic mass is 127. The highest BCUT2D eigenvalue weighted by Gasteiger charge is 2.06. The molecule has 1 unspecified atom stereocenters. The maximum atomic E-state index is 11.4. The van der Waals surface area contributed by atoms with E-state index in [1.165, 1.54) is 0 Å². The Hall–Kier alpha value is -0.970. The summed E-state index contributed by atoms with van der Waals surface area (Å²) in [7, 11) is 0.